The predicted octanol–water partition coefficient (Wildman–Crippen LogP) is 5.65. The van der Waals surface area contributed by atoms with Gasteiger partial charge in [0.05, 0.1) is 5.69 Å². The van der Waals surface area contributed by atoms with Crippen molar-refractivity contribution in [3.05, 3.63) is 71.3 Å². The van der Waals surface area contributed by atoms with Crippen molar-refractivity contribution in [2.75, 3.05) is 18.4 Å². The van der Waals surface area contributed by atoms with Gasteiger partial charge in [-0.1, -0.05) is 24.3 Å². The van der Waals surface area contributed by atoms with Crippen molar-refractivity contribution in [1.82, 2.24) is 4.90 Å². The number of carbonyl (C=O) groups is 1. The van der Waals surface area contributed by atoms with Crippen LogP contribution in [0, 0.1) is 18.6 Å². The van der Waals surface area contributed by atoms with Gasteiger partial charge < -0.3 is 10.2 Å². The normalized spacial score (nSPS) is 10.9. The zero-order valence-corrected chi connectivity index (χ0v) is 15.6. The summed E-state index contributed by atoms with van der Waals surface area (Å²) in [6.07, 6.45) is 0. The Morgan fingerprint density at radius 1 is 0.963 bits per heavy atom. The second kappa shape index (κ2) is 7.74. The standard InChI is InChI=1S/C22H22F2N2O/c1-4-26(5-2)22(27)16-12-13-18(15-9-6-8-14(3)20(15)16)25-19-11-7-10-17(23)21(19)24/h6-13,25H,4-5H2,1-3H3. The first-order chi connectivity index (χ1) is 13.0. The first-order valence-electron chi connectivity index (χ1n) is 9.00. The van der Waals surface area contributed by atoms with Crippen molar-refractivity contribution in [1.29, 1.82) is 0 Å². The number of hydrogen-bond acceptors (Lipinski definition) is 2. The molecule has 3 rings (SSSR count). The van der Waals surface area contributed by atoms with E-state index in [1.165, 1.54) is 12.1 Å². The zero-order valence-electron chi connectivity index (χ0n) is 15.6. The van der Waals surface area contributed by atoms with Crippen molar-refractivity contribution < 1.29 is 13.6 Å². The minimum Gasteiger partial charge on any atom is -0.353 e. The van der Waals surface area contributed by atoms with E-state index in [0.717, 1.165) is 22.4 Å². The van der Waals surface area contributed by atoms with Crippen molar-refractivity contribution in [2.24, 2.45) is 0 Å². The molecule has 0 saturated carbocycles. The Morgan fingerprint density at radius 3 is 2.37 bits per heavy atom. The molecule has 3 nitrogen and oxygen atoms in total. The summed E-state index contributed by atoms with van der Waals surface area (Å²) in [6, 6.07) is 13.2. The SMILES string of the molecule is CCN(CC)C(=O)c1ccc(Nc2cccc(F)c2F)c2cccc(C)c12. The number of rotatable bonds is 5. The Morgan fingerprint density at radius 2 is 1.67 bits per heavy atom. The number of hydrogen-bond donors (Lipinski definition) is 1. The predicted molar refractivity (Wildman–Crippen MR) is 106 cm³/mol. The quantitative estimate of drug-likeness (QED) is 0.631. The van der Waals surface area contributed by atoms with Gasteiger partial charge in [0.1, 0.15) is 0 Å². The van der Waals surface area contributed by atoms with Crippen LogP contribution in [0.25, 0.3) is 10.8 Å². The Balaban J connectivity index is 2.15. The van der Waals surface area contributed by atoms with E-state index in [1.54, 1.807) is 17.0 Å². The lowest BCUT2D eigenvalue weighted by molar-refractivity contribution is 0.0775. The molecular weight excluding hydrogens is 346 g/mol. The lowest BCUT2D eigenvalue weighted by Gasteiger charge is -2.21. The van der Waals surface area contributed by atoms with E-state index in [9.17, 15) is 13.6 Å². The number of anilines is 2. The Kier molecular flexibility index (Phi) is 5.40. The summed E-state index contributed by atoms with van der Waals surface area (Å²) in [7, 11) is 0. The van der Waals surface area contributed by atoms with Gasteiger partial charge in [-0.15, -0.1) is 0 Å². The second-order valence-corrected chi connectivity index (χ2v) is 6.36. The Labute approximate surface area is 157 Å². The van der Waals surface area contributed by atoms with Crippen LogP contribution < -0.4 is 5.32 Å². The number of halogens is 2. The summed E-state index contributed by atoms with van der Waals surface area (Å²) in [5.41, 5.74) is 2.23. The van der Waals surface area contributed by atoms with Crippen molar-refractivity contribution >= 4 is 28.1 Å². The molecule has 0 radical (unpaired) electrons. The number of nitrogens with zero attached hydrogens (tertiary/aromatic N) is 1. The average molecular weight is 368 g/mol. The third kappa shape index (κ3) is 3.50. The number of carbonyl (C=O) groups excluding carboxylic acids is 1. The second-order valence-electron chi connectivity index (χ2n) is 6.36. The maximum Gasteiger partial charge on any atom is 0.254 e. The first kappa shape index (κ1) is 18.8. The summed E-state index contributed by atoms with van der Waals surface area (Å²) in [4.78, 5) is 14.7. The van der Waals surface area contributed by atoms with Crippen LogP contribution >= 0.6 is 0 Å². The summed E-state index contributed by atoms with van der Waals surface area (Å²) < 4.78 is 27.6. The molecular formula is C22H22F2N2O. The third-order valence-electron chi connectivity index (χ3n) is 4.75. The lowest BCUT2D eigenvalue weighted by atomic mass is 9.97. The van der Waals surface area contributed by atoms with Crippen LogP contribution in [0.3, 0.4) is 0 Å². The maximum absolute atomic E-state index is 14.1. The van der Waals surface area contributed by atoms with Gasteiger partial charge in [-0.05, 0) is 56.0 Å². The molecule has 1 N–H and O–H groups in total. The van der Waals surface area contributed by atoms with Gasteiger partial charge in [-0.2, -0.15) is 0 Å². The molecule has 0 aromatic heterocycles. The highest BCUT2D eigenvalue weighted by atomic mass is 19.2. The molecule has 0 spiro atoms. The van der Waals surface area contributed by atoms with Crippen LogP contribution in [0.2, 0.25) is 0 Å². The van der Waals surface area contributed by atoms with Crippen LogP contribution in [-0.2, 0) is 0 Å². The molecule has 0 heterocycles. The summed E-state index contributed by atoms with van der Waals surface area (Å²) >= 11 is 0. The van der Waals surface area contributed by atoms with Gasteiger partial charge in [0.25, 0.3) is 5.91 Å². The maximum atomic E-state index is 14.1. The van der Waals surface area contributed by atoms with Gasteiger partial charge >= 0.3 is 0 Å². The van der Waals surface area contributed by atoms with Crippen LogP contribution in [0.4, 0.5) is 20.2 Å². The van der Waals surface area contributed by atoms with E-state index < -0.39 is 11.6 Å². The molecule has 0 fully saturated rings. The number of benzene rings is 3. The molecule has 140 valence electrons. The van der Waals surface area contributed by atoms with Gasteiger partial charge in [-0.25, -0.2) is 8.78 Å². The summed E-state index contributed by atoms with van der Waals surface area (Å²) in [5, 5.41) is 4.57. The highest BCUT2D eigenvalue weighted by molar-refractivity contribution is 6.11. The van der Waals surface area contributed by atoms with Crippen molar-refractivity contribution in [3.63, 3.8) is 0 Å². The van der Waals surface area contributed by atoms with E-state index in [0.29, 0.717) is 24.3 Å². The number of aryl methyl sites for hydroxylation is 1. The van der Waals surface area contributed by atoms with Crippen LogP contribution in [-0.4, -0.2) is 23.9 Å². The smallest absolute Gasteiger partial charge is 0.254 e. The molecule has 3 aromatic carbocycles. The molecule has 0 saturated heterocycles. The monoisotopic (exact) mass is 368 g/mol. The molecule has 0 aliphatic carbocycles. The topological polar surface area (TPSA) is 32.3 Å². The Bertz CT molecular complexity index is 997. The zero-order chi connectivity index (χ0) is 19.6. The van der Waals surface area contributed by atoms with Gasteiger partial charge in [0.15, 0.2) is 11.6 Å². The molecule has 0 unspecified atom stereocenters. The van der Waals surface area contributed by atoms with Crippen LogP contribution in [0.5, 0.6) is 0 Å². The summed E-state index contributed by atoms with van der Waals surface area (Å²) in [6.45, 7) is 7.07. The van der Waals surface area contributed by atoms with E-state index in [2.05, 4.69) is 5.32 Å². The molecule has 27 heavy (non-hydrogen) atoms. The van der Waals surface area contributed by atoms with E-state index in [1.807, 2.05) is 39.0 Å². The fourth-order valence-electron chi connectivity index (χ4n) is 3.30. The fraction of sp³-hybridized carbons (Fsp3) is 0.227. The van der Waals surface area contributed by atoms with E-state index >= 15 is 0 Å². The molecule has 5 heteroatoms. The summed E-state index contributed by atoms with van der Waals surface area (Å²) in [5.74, 6) is -1.88. The highest BCUT2D eigenvalue weighted by Gasteiger charge is 2.19. The average Bonchev–Trinajstić information content (AvgIpc) is 2.67. The van der Waals surface area contributed by atoms with Gasteiger partial charge in [-0.3, -0.25) is 4.79 Å². The van der Waals surface area contributed by atoms with Crippen LogP contribution in [0.1, 0.15) is 29.8 Å². The molecule has 0 aliphatic heterocycles. The minimum absolute atomic E-state index is 0.0391. The third-order valence-corrected chi connectivity index (χ3v) is 4.75. The molecule has 3 aromatic rings. The first-order valence-corrected chi connectivity index (χ1v) is 9.00. The van der Waals surface area contributed by atoms with Gasteiger partial charge in [0.2, 0.25) is 0 Å². The fourth-order valence-corrected chi connectivity index (χ4v) is 3.30. The minimum atomic E-state index is -0.929. The Hall–Kier alpha value is -2.95. The highest BCUT2D eigenvalue weighted by Crippen LogP contribution is 2.33. The largest absolute Gasteiger partial charge is 0.353 e. The van der Waals surface area contributed by atoms with E-state index in [-0.39, 0.29) is 11.6 Å². The van der Waals surface area contributed by atoms with E-state index in [4.69, 9.17) is 0 Å². The lowest BCUT2D eigenvalue weighted by Crippen LogP contribution is -2.30. The number of nitrogens with one attached hydrogen (secondary N) is 1. The molecule has 1 amide bonds. The molecule has 0 bridgehead atoms. The van der Waals surface area contributed by atoms with Crippen LogP contribution in [0.15, 0.2) is 48.5 Å². The number of fused-ring (bicyclic) bond motifs is 1. The van der Waals surface area contributed by atoms with Crippen molar-refractivity contribution in [2.45, 2.75) is 20.8 Å². The number of amides is 1. The van der Waals surface area contributed by atoms with Crippen molar-refractivity contribution in [3.8, 4) is 0 Å². The molecule has 0 atom stereocenters. The van der Waals surface area contributed by atoms with Gasteiger partial charge in [0, 0.05) is 29.7 Å². The molecule has 0 aliphatic rings.